The Kier molecular flexibility index (Phi) is 9.31. The molecule has 5 rings (SSSR count). The van der Waals surface area contributed by atoms with Crippen molar-refractivity contribution in [3.63, 3.8) is 0 Å². The van der Waals surface area contributed by atoms with Gasteiger partial charge in [0.25, 0.3) is 5.56 Å². The van der Waals surface area contributed by atoms with Crippen LogP contribution in [0.2, 0.25) is 0 Å². The van der Waals surface area contributed by atoms with E-state index >= 15 is 0 Å². The molecule has 1 saturated heterocycles. The number of aromatic nitrogens is 4. The molecule has 0 aliphatic carbocycles. The third-order valence-corrected chi connectivity index (χ3v) is 7.00. The van der Waals surface area contributed by atoms with Gasteiger partial charge in [-0.1, -0.05) is 30.3 Å². The molecule has 11 nitrogen and oxygen atoms in total. The number of nitriles is 1. The molecule has 0 saturated carbocycles. The topological polar surface area (TPSA) is 135 Å². The summed E-state index contributed by atoms with van der Waals surface area (Å²) in [5.74, 6) is 1.06. The van der Waals surface area contributed by atoms with Crippen molar-refractivity contribution in [1.82, 2.24) is 30.0 Å². The van der Waals surface area contributed by atoms with Crippen molar-refractivity contribution >= 4 is 6.09 Å². The zero-order valence-electron chi connectivity index (χ0n) is 25.1. The number of amides is 1. The van der Waals surface area contributed by atoms with Crippen molar-refractivity contribution in [1.29, 1.82) is 5.26 Å². The van der Waals surface area contributed by atoms with Crippen LogP contribution in [0.4, 0.5) is 4.79 Å². The van der Waals surface area contributed by atoms with Crippen molar-refractivity contribution < 1.29 is 14.3 Å². The molecule has 0 radical (unpaired) electrons. The van der Waals surface area contributed by atoms with Crippen LogP contribution in [0.25, 0.3) is 22.6 Å². The lowest BCUT2D eigenvalue weighted by Crippen LogP contribution is -2.55. The molecule has 11 heteroatoms. The molecule has 1 aliphatic heterocycles. The van der Waals surface area contributed by atoms with Crippen LogP contribution >= 0.6 is 0 Å². The number of hydrogen-bond donors (Lipinski definition) is 1. The van der Waals surface area contributed by atoms with Crippen LogP contribution in [0.5, 0.6) is 5.75 Å². The van der Waals surface area contributed by atoms with E-state index < -0.39 is 5.60 Å². The Hall–Kier alpha value is -5.08. The zero-order valence-corrected chi connectivity index (χ0v) is 25.1. The van der Waals surface area contributed by atoms with E-state index in [2.05, 4.69) is 26.5 Å². The minimum Gasteiger partial charge on any atom is -0.490 e. The Bertz CT molecular complexity index is 1710. The Labute approximate surface area is 256 Å². The number of nitrogens with one attached hydrogen (secondary N) is 1. The molecule has 1 fully saturated rings. The average molecular weight is 594 g/mol. The highest BCUT2D eigenvalue weighted by Gasteiger charge is 2.30. The zero-order chi connectivity index (χ0) is 31.1. The number of benzene rings is 2. The molecule has 1 aliphatic rings. The molecule has 1 atom stereocenters. The number of rotatable bonds is 8. The number of ether oxygens (including phenoxy) is 2. The van der Waals surface area contributed by atoms with Gasteiger partial charge in [0.1, 0.15) is 5.60 Å². The van der Waals surface area contributed by atoms with E-state index in [1.54, 1.807) is 41.6 Å². The van der Waals surface area contributed by atoms with Crippen LogP contribution in [-0.4, -0.2) is 68.6 Å². The van der Waals surface area contributed by atoms with Crippen molar-refractivity contribution in [2.24, 2.45) is 0 Å². The van der Waals surface area contributed by atoms with Gasteiger partial charge in [0.2, 0.25) is 0 Å². The lowest BCUT2D eigenvalue weighted by molar-refractivity contribution is 0.00983. The second-order valence-corrected chi connectivity index (χ2v) is 11.5. The first kappa shape index (κ1) is 30.4. The monoisotopic (exact) mass is 593 g/mol. The first-order valence-electron chi connectivity index (χ1n) is 14.5. The van der Waals surface area contributed by atoms with Gasteiger partial charge < -0.3 is 19.7 Å². The van der Waals surface area contributed by atoms with Gasteiger partial charge >= 0.3 is 6.09 Å². The van der Waals surface area contributed by atoms with E-state index in [-0.39, 0.29) is 24.2 Å². The van der Waals surface area contributed by atoms with E-state index in [1.165, 1.54) is 10.7 Å². The third-order valence-electron chi connectivity index (χ3n) is 7.00. The molecule has 0 bridgehead atoms. The van der Waals surface area contributed by atoms with Crippen LogP contribution in [0, 0.1) is 11.3 Å². The largest absolute Gasteiger partial charge is 0.490 e. The molecule has 3 heterocycles. The molecule has 1 unspecified atom stereocenters. The quantitative estimate of drug-likeness (QED) is 0.318. The van der Waals surface area contributed by atoms with Crippen LogP contribution in [0.1, 0.15) is 38.3 Å². The lowest BCUT2D eigenvalue weighted by atomic mass is 10.1. The highest BCUT2D eigenvalue weighted by atomic mass is 16.6. The summed E-state index contributed by atoms with van der Waals surface area (Å²) in [6, 6.07) is 20.0. The molecule has 2 aromatic carbocycles. The molecule has 2 aromatic heterocycles. The van der Waals surface area contributed by atoms with Gasteiger partial charge in [-0.3, -0.25) is 4.79 Å². The second-order valence-electron chi connectivity index (χ2n) is 11.5. The summed E-state index contributed by atoms with van der Waals surface area (Å²) in [7, 11) is 0. The predicted molar refractivity (Wildman–Crippen MR) is 165 cm³/mol. The fourth-order valence-electron chi connectivity index (χ4n) is 4.88. The summed E-state index contributed by atoms with van der Waals surface area (Å²) in [5.41, 5.74) is 2.77. The summed E-state index contributed by atoms with van der Waals surface area (Å²) in [6.07, 6.45) is 3.58. The Morgan fingerprint density at radius 2 is 1.84 bits per heavy atom. The highest BCUT2D eigenvalue weighted by molar-refractivity contribution is 5.68. The first-order valence-corrected chi connectivity index (χ1v) is 14.5. The highest BCUT2D eigenvalue weighted by Crippen LogP contribution is 2.21. The molecule has 44 heavy (non-hydrogen) atoms. The van der Waals surface area contributed by atoms with E-state index in [1.807, 2.05) is 51.1 Å². The summed E-state index contributed by atoms with van der Waals surface area (Å²) >= 11 is 0. The summed E-state index contributed by atoms with van der Waals surface area (Å²) in [5, 5.41) is 17.1. The number of nitrogens with zero attached hydrogens (tertiary/aromatic N) is 6. The number of carbonyl (C=O) groups excluding carboxylic acids is 1. The van der Waals surface area contributed by atoms with Gasteiger partial charge in [-0.05, 0) is 50.6 Å². The molecule has 4 aromatic rings. The maximum Gasteiger partial charge on any atom is 0.410 e. The normalized spacial score (nSPS) is 15.0. The Balaban J connectivity index is 1.21. The predicted octanol–water partition coefficient (Wildman–Crippen LogP) is 4.27. The van der Waals surface area contributed by atoms with Crippen molar-refractivity contribution in [2.45, 2.75) is 45.4 Å². The van der Waals surface area contributed by atoms with E-state index in [0.717, 1.165) is 23.2 Å². The van der Waals surface area contributed by atoms with Gasteiger partial charge in [0.15, 0.2) is 11.6 Å². The van der Waals surface area contributed by atoms with Crippen LogP contribution in [0.3, 0.4) is 0 Å². The number of carbonyl (C=O) groups is 1. The van der Waals surface area contributed by atoms with Crippen LogP contribution < -0.4 is 15.6 Å². The van der Waals surface area contributed by atoms with E-state index in [9.17, 15) is 14.9 Å². The van der Waals surface area contributed by atoms with Gasteiger partial charge in [0.05, 0.1) is 48.9 Å². The molecule has 1 amide bonds. The van der Waals surface area contributed by atoms with Crippen molar-refractivity contribution in [3.8, 4) is 34.5 Å². The standard InChI is InChI=1S/C33H35N7O4/c1-33(2,3)44-32(42)39-14-13-35-19-27(39)12-15-43-28-20-36-31(37-21-28)26-9-5-7-24(17-26)22-40-30(41)11-10-29(38-40)25-8-4-6-23(16-25)18-34/h4-11,16-17,20-21,27,35H,12-15,19,22H2,1-3H3. The van der Waals surface area contributed by atoms with Crippen molar-refractivity contribution in [2.75, 3.05) is 26.2 Å². The average Bonchev–Trinajstić information content (AvgIpc) is 3.02. The third kappa shape index (κ3) is 7.85. The molecular weight excluding hydrogens is 558 g/mol. The molecule has 0 spiro atoms. The van der Waals surface area contributed by atoms with Crippen molar-refractivity contribution in [3.05, 3.63) is 94.5 Å². The summed E-state index contributed by atoms with van der Waals surface area (Å²) < 4.78 is 12.9. The Morgan fingerprint density at radius 1 is 1.07 bits per heavy atom. The number of piperazine rings is 1. The molecule has 226 valence electrons. The summed E-state index contributed by atoms with van der Waals surface area (Å²) in [6.45, 7) is 8.23. The molecular formula is C33H35N7O4. The smallest absolute Gasteiger partial charge is 0.410 e. The second kappa shape index (κ2) is 13.5. The van der Waals surface area contributed by atoms with E-state index in [0.29, 0.717) is 48.9 Å². The first-order chi connectivity index (χ1) is 21.2. The maximum absolute atomic E-state index is 12.7. The number of hydrogen-bond acceptors (Lipinski definition) is 9. The fourth-order valence-corrected chi connectivity index (χ4v) is 4.88. The maximum atomic E-state index is 12.7. The summed E-state index contributed by atoms with van der Waals surface area (Å²) in [4.78, 5) is 36.0. The van der Waals surface area contributed by atoms with Gasteiger partial charge in [0, 0.05) is 43.2 Å². The molecule has 1 N–H and O–H groups in total. The van der Waals surface area contributed by atoms with Crippen LogP contribution in [0.15, 0.2) is 77.9 Å². The lowest BCUT2D eigenvalue weighted by Gasteiger charge is -2.37. The minimum atomic E-state index is -0.548. The minimum absolute atomic E-state index is 0.0352. The Morgan fingerprint density at radius 3 is 2.61 bits per heavy atom. The van der Waals surface area contributed by atoms with Gasteiger partial charge in [-0.25, -0.2) is 19.4 Å². The van der Waals surface area contributed by atoms with Gasteiger partial charge in [-0.2, -0.15) is 10.4 Å². The fraction of sp³-hybridized carbons (Fsp3) is 0.333. The van der Waals surface area contributed by atoms with Gasteiger partial charge in [-0.15, -0.1) is 0 Å². The van der Waals surface area contributed by atoms with Crippen LogP contribution in [-0.2, 0) is 11.3 Å². The van der Waals surface area contributed by atoms with E-state index in [4.69, 9.17) is 9.47 Å². The SMILES string of the molecule is CC(C)(C)OC(=O)N1CCNCC1CCOc1cnc(-c2cccc(Cn3nc(-c4cccc(C#N)c4)ccc3=O)c2)nc1.